The number of nitrogens with one attached hydrogen (secondary N) is 1. The lowest BCUT2D eigenvalue weighted by Gasteiger charge is -2.22. The van der Waals surface area contributed by atoms with Crippen LogP contribution in [0.4, 0.5) is 20.3 Å². The molecule has 0 unspecified atom stereocenters. The fourth-order valence-electron chi connectivity index (χ4n) is 3.61. The number of nitrogens with two attached hydrogens (primary N) is 3. The van der Waals surface area contributed by atoms with Crippen molar-refractivity contribution in [2.24, 2.45) is 16.8 Å². The minimum Gasteiger partial charge on any atom is -0.494 e. The molecule has 4 rings (SSSR count). The molecule has 1 aliphatic rings. The molecule has 0 atom stereocenters. The fraction of sp³-hybridized carbons (Fsp3) is 0.238. The number of ether oxygens (including phenoxy) is 1. The number of hydrogen-bond donors (Lipinski definition) is 4. The van der Waals surface area contributed by atoms with Crippen molar-refractivity contribution in [3.8, 4) is 16.2 Å². The number of aryl methyl sites for hydroxylation is 1. The third-order valence-electron chi connectivity index (χ3n) is 5.28. The number of rotatable bonds is 4. The van der Waals surface area contributed by atoms with Crippen LogP contribution in [0, 0.1) is 11.6 Å². The Hall–Kier alpha value is -3.28. The van der Waals surface area contributed by atoms with Crippen LogP contribution in [0.3, 0.4) is 0 Å². The van der Waals surface area contributed by atoms with Crippen molar-refractivity contribution in [3.05, 3.63) is 58.1 Å². The van der Waals surface area contributed by atoms with Crippen molar-refractivity contribution in [2.45, 2.75) is 19.4 Å². The van der Waals surface area contributed by atoms with Gasteiger partial charge in [0, 0.05) is 28.1 Å². The highest BCUT2D eigenvalue weighted by molar-refractivity contribution is 7.15. The second-order valence-corrected chi connectivity index (χ2v) is 8.37. The average Bonchev–Trinajstić information content (AvgIpc) is 3.07. The highest BCUT2D eigenvalue weighted by Crippen LogP contribution is 2.35. The smallest absolute Gasteiger partial charge is 0.202 e. The van der Waals surface area contributed by atoms with Crippen LogP contribution in [0.15, 0.2) is 35.6 Å². The largest absolute Gasteiger partial charge is 0.494 e. The van der Waals surface area contributed by atoms with Crippen LogP contribution in [0.5, 0.6) is 5.75 Å². The summed E-state index contributed by atoms with van der Waals surface area (Å²) in [7, 11) is 1.24. The van der Waals surface area contributed by atoms with Crippen LogP contribution in [0.1, 0.15) is 22.4 Å². The predicted molar refractivity (Wildman–Crippen MR) is 122 cm³/mol. The normalized spacial score (nSPS) is 14.1. The third kappa shape index (κ3) is 3.97. The first kappa shape index (κ1) is 21.9. The summed E-state index contributed by atoms with van der Waals surface area (Å²) < 4.78 is 33.6. The maximum Gasteiger partial charge on any atom is 0.202 e. The van der Waals surface area contributed by atoms with E-state index in [-0.39, 0.29) is 23.1 Å². The molecular weight excluding hydrogens is 436 g/mol. The van der Waals surface area contributed by atoms with Gasteiger partial charge in [-0.1, -0.05) is 0 Å². The lowest BCUT2D eigenvalue weighted by atomic mass is 10.1. The van der Waals surface area contributed by atoms with E-state index < -0.39 is 11.6 Å². The first-order chi connectivity index (χ1) is 15.4. The summed E-state index contributed by atoms with van der Waals surface area (Å²) in [5.74, 6) is 9.06. The van der Waals surface area contributed by atoms with Crippen molar-refractivity contribution in [2.75, 3.05) is 24.4 Å². The number of hydrogen-bond acceptors (Lipinski definition) is 8. The van der Waals surface area contributed by atoms with Crippen LogP contribution in [-0.2, 0) is 13.0 Å². The summed E-state index contributed by atoms with van der Waals surface area (Å²) in [4.78, 5) is 6.54. The first-order valence-corrected chi connectivity index (χ1v) is 10.7. The summed E-state index contributed by atoms with van der Waals surface area (Å²) in [6.45, 7) is 1.82. The van der Waals surface area contributed by atoms with Crippen LogP contribution in [0.2, 0.25) is 0 Å². The van der Waals surface area contributed by atoms with Gasteiger partial charge in [-0.15, -0.1) is 11.3 Å². The fourth-order valence-corrected chi connectivity index (χ4v) is 4.77. The highest BCUT2D eigenvalue weighted by atomic mass is 32.1. The Kier molecular flexibility index (Phi) is 6.21. The van der Waals surface area contributed by atoms with E-state index in [0.717, 1.165) is 41.4 Å². The number of thiophene rings is 1. The molecule has 8 nitrogen and oxygen atoms in total. The zero-order valence-electron chi connectivity index (χ0n) is 17.4. The molecule has 2 aromatic heterocycles. The number of nitrogens with zero attached hydrogens (tertiary/aromatic N) is 3. The van der Waals surface area contributed by atoms with E-state index in [9.17, 15) is 8.78 Å². The van der Waals surface area contributed by atoms with Gasteiger partial charge in [-0.2, -0.15) is 9.49 Å². The van der Waals surface area contributed by atoms with Gasteiger partial charge in [0.2, 0.25) is 5.82 Å². The van der Waals surface area contributed by atoms with Gasteiger partial charge in [0.1, 0.15) is 5.82 Å². The zero-order chi connectivity index (χ0) is 22.8. The van der Waals surface area contributed by atoms with E-state index in [4.69, 9.17) is 22.2 Å². The van der Waals surface area contributed by atoms with E-state index >= 15 is 0 Å². The Labute approximate surface area is 187 Å². The van der Waals surface area contributed by atoms with Gasteiger partial charge in [0.25, 0.3) is 0 Å². The maximum atomic E-state index is 14.6. The SMILES string of the molecule is COc1ccc(N(N)/C(=N\N)c2cc(-c3cc4c(s3)CNCCC4)cnc2N)c(F)c1F. The molecule has 0 aliphatic carbocycles. The van der Waals surface area contributed by atoms with Gasteiger partial charge in [-0.3, -0.25) is 5.01 Å². The van der Waals surface area contributed by atoms with Gasteiger partial charge in [-0.05, 0) is 49.2 Å². The Bertz CT molecular complexity index is 1160. The molecule has 0 saturated carbocycles. The molecule has 3 aromatic rings. The topological polar surface area (TPSA) is 128 Å². The number of amidine groups is 1. The standard InChI is InChI=1S/C21H23F2N7OS/c1-31-15-5-4-14(18(22)19(15)23)30(26)21(29-25)13-7-12(9-28-20(13)24)16-8-11-3-2-6-27-10-17(11)32-16/h4-5,7-9,27H,2-3,6,10,25-26H2,1H3,(H2,24,28)/b29-21-. The van der Waals surface area contributed by atoms with Crippen molar-refractivity contribution < 1.29 is 13.5 Å². The Morgan fingerprint density at radius 1 is 1.28 bits per heavy atom. The van der Waals surface area contributed by atoms with Crippen molar-refractivity contribution in [3.63, 3.8) is 0 Å². The molecule has 1 aliphatic heterocycles. The summed E-state index contributed by atoms with van der Waals surface area (Å²) in [5.41, 5.74) is 8.18. The molecule has 0 spiro atoms. The molecule has 168 valence electrons. The zero-order valence-corrected chi connectivity index (χ0v) is 18.2. The number of nitrogen functional groups attached to an aromatic ring is 1. The number of hydrazine groups is 1. The van der Waals surface area contributed by atoms with E-state index in [1.54, 1.807) is 23.6 Å². The average molecular weight is 460 g/mol. The molecule has 0 saturated heterocycles. The number of methoxy groups -OCH3 is 1. The quantitative estimate of drug-likeness (QED) is 0.204. The summed E-state index contributed by atoms with van der Waals surface area (Å²) in [6.07, 6.45) is 3.73. The van der Waals surface area contributed by atoms with Crippen LogP contribution >= 0.6 is 11.3 Å². The minimum absolute atomic E-state index is 0.0693. The lowest BCUT2D eigenvalue weighted by Crippen LogP contribution is -2.40. The molecule has 11 heteroatoms. The van der Waals surface area contributed by atoms with Gasteiger partial charge in [0.05, 0.1) is 18.4 Å². The van der Waals surface area contributed by atoms with Gasteiger partial charge >= 0.3 is 0 Å². The van der Waals surface area contributed by atoms with Crippen LogP contribution in [-0.4, -0.2) is 24.5 Å². The Morgan fingerprint density at radius 3 is 2.84 bits per heavy atom. The van der Waals surface area contributed by atoms with Crippen LogP contribution < -0.4 is 32.5 Å². The van der Waals surface area contributed by atoms with Gasteiger partial charge in [-0.25, -0.2) is 15.2 Å². The number of hydrazone groups is 1. The van der Waals surface area contributed by atoms with E-state index in [1.165, 1.54) is 29.7 Å². The van der Waals surface area contributed by atoms with Gasteiger partial charge < -0.3 is 21.6 Å². The maximum absolute atomic E-state index is 14.6. The molecule has 3 heterocycles. The van der Waals surface area contributed by atoms with Crippen molar-refractivity contribution in [1.29, 1.82) is 0 Å². The second-order valence-electron chi connectivity index (χ2n) is 7.23. The van der Waals surface area contributed by atoms with Crippen molar-refractivity contribution >= 4 is 28.7 Å². The van der Waals surface area contributed by atoms with Gasteiger partial charge in [0.15, 0.2) is 17.4 Å². The number of anilines is 2. The number of fused-ring (bicyclic) bond motifs is 1. The number of aromatic nitrogens is 1. The summed E-state index contributed by atoms with van der Waals surface area (Å²) >= 11 is 1.67. The van der Waals surface area contributed by atoms with Crippen molar-refractivity contribution in [1.82, 2.24) is 10.3 Å². The molecule has 0 amide bonds. The second kappa shape index (κ2) is 9.07. The Balaban J connectivity index is 1.72. The molecule has 32 heavy (non-hydrogen) atoms. The minimum atomic E-state index is -1.20. The molecule has 0 bridgehead atoms. The summed E-state index contributed by atoms with van der Waals surface area (Å²) in [5, 5.41) is 7.94. The number of pyridine rings is 1. The lowest BCUT2D eigenvalue weighted by molar-refractivity contribution is 0.372. The molecule has 0 fully saturated rings. The monoisotopic (exact) mass is 459 g/mol. The van der Waals surface area contributed by atoms with E-state index in [0.29, 0.717) is 5.56 Å². The molecule has 0 radical (unpaired) electrons. The predicted octanol–water partition coefficient (Wildman–Crippen LogP) is 2.72. The molecular formula is C21H23F2N7OS. The highest BCUT2D eigenvalue weighted by Gasteiger charge is 2.24. The number of halogens is 2. The van der Waals surface area contributed by atoms with E-state index in [2.05, 4.69) is 21.5 Å². The first-order valence-electron chi connectivity index (χ1n) is 9.87. The molecule has 1 aromatic carbocycles. The third-order valence-corrected chi connectivity index (χ3v) is 6.51. The summed E-state index contributed by atoms with van der Waals surface area (Å²) in [6, 6.07) is 6.40. The van der Waals surface area contributed by atoms with Crippen LogP contribution in [0.25, 0.3) is 10.4 Å². The Morgan fingerprint density at radius 2 is 2.09 bits per heavy atom. The molecule has 7 N–H and O–H groups in total. The van der Waals surface area contributed by atoms with E-state index in [1.807, 2.05) is 0 Å². The number of benzene rings is 1.